The van der Waals surface area contributed by atoms with E-state index in [1.165, 1.54) is 24.5 Å². The first-order valence-corrected chi connectivity index (χ1v) is 7.16. The van der Waals surface area contributed by atoms with Gasteiger partial charge in [-0.05, 0) is 25.9 Å². The molecule has 0 radical (unpaired) electrons. The molecule has 0 aromatic carbocycles. The molecule has 1 saturated heterocycles. The summed E-state index contributed by atoms with van der Waals surface area (Å²) in [5, 5.41) is 0. The van der Waals surface area contributed by atoms with Crippen molar-refractivity contribution in [1.29, 1.82) is 0 Å². The third kappa shape index (κ3) is 1.91. The van der Waals surface area contributed by atoms with Gasteiger partial charge in [0.15, 0.2) is 5.69 Å². The highest BCUT2D eigenvalue weighted by atomic mass is 16.2. The van der Waals surface area contributed by atoms with Crippen LogP contribution >= 0.6 is 0 Å². The molecule has 2 aliphatic rings. The molecular weight excluding hydrogens is 270 g/mol. The highest BCUT2D eigenvalue weighted by Gasteiger charge is 2.35. The van der Waals surface area contributed by atoms with Gasteiger partial charge in [-0.25, -0.2) is 4.79 Å². The van der Waals surface area contributed by atoms with Crippen LogP contribution in [0.1, 0.15) is 12.8 Å². The van der Waals surface area contributed by atoms with Crippen molar-refractivity contribution in [2.75, 3.05) is 36.6 Å². The van der Waals surface area contributed by atoms with E-state index in [1.807, 2.05) is 16.8 Å². The van der Waals surface area contributed by atoms with E-state index in [2.05, 4.69) is 11.5 Å². The van der Waals surface area contributed by atoms with E-state index in [4.69, 9.17) is 0 Å². The predicted octanol–water partition coefficient (Wildman–Crippen LogP) is -0.135. The molecule has 3 heterocycles. The number of likely N-dealkylation sites (tertiary alicyclic amines) is 1. The molecule has 7 nitrogen and oxygen atoms in total. The molecule has 0 unspecified atom stereocenters. The van der Waals surface area contributed by atoms with Crippen LogP contribution in [0.3, 0.4) is 0 Å². The van der Waals surface area contributed by atoms with Gasteiger partial charge in [0, 0.05) is 21.1 Å². The van der Waals surface area contributed by atoms with Crippen LogP contribution in [0.4, 0.5) is 11.5 Å². The average molecular weight is 291 g/mol. The SMILES string of the molecule is C=C1N(C)c2c(c(=O)n(C)c(=O)n2C)N1CN1CCCC1. The Balaban J connectivity index is 2.13. The van der Waals surface area contributed by atoms with Gasteiger partial charge in [0.25, 0.3) is 5.56 Å². The monoisotopic (exact) mass is 291 g/mol. The van der Waals surface area contributed by atoms with E-state index in [-0.39, 0.29) is 11.2 Å². The summed E-state index contributed by atoms with van der Waals surface area (Å²) in [5.41, 5.74) is -0.0433. The molecule has 0 spiro atoms. The number of hydrogen-bond acceptors (Lipinski definition) is 5. The fourth-order valence-corrected chi connectivity index (χ4v) is 3.14. The quantitative estimate of drug-likeness (QED) is 0.759. The van der Waals surface area contributed by atoms with Crippen molar-refractivity contribution in [3.63, 3.8) is 0 Å². The van der Waals surface area contributed by atoms with Crippen LogP contribution in [0.2, 0.25) is 0 Å². The second kappa shape index (κ2) is 4.77. The first kappa shape index (κ1) is 13.9. The third-order valence-corrected chi connectivity index (χ3v) is 4.44. The number of nitrogens with zero attached hydrogens (tertiary/aromatic N) is 5. The molecular formula is C14H21N5O2. The summed E-state index contributed by atoms with van der Waals surface area (Å²) in [4.78, 5) is 30.7. The summed E-state index contributed by atoms with van der Waals surface area (Å²) in [6.45, 7) is 6.79. The van der Waals surface area contributed by atoms with E-state index in [9.17, 15) is 9.59 Å². The molecule has 3 rings (SSSR count). The first-order chi connectivity index (χ1) is 9.93. The van der Waals surface area contributed by atoms with Crippen molar-refractivity contribution in [2.24, 2.45) is 14.1 Å². The molecule has 0 aliphatic carbocycles. The fourth-order valence-electron chi connectivity index (χ4n) is 3.14. The van der Waals surface area contributed by atoms with Gasteiger partial charge in [-0.3, -0.25) is 18.8 Å². The summed E-state index contributed by atoms with van der Waals surface area (Å²) < 4.78 is 2.66. The van der Waals surface area contributed by atoms with Gasteiger partial charge in [-0.2, -0.15) is 0 Å². The van der Waals surface area contributed by atoms with E-state index < -0.39 is 0 Å². The minimum Gasteiger partial charge on any atom is -0.315 e. The number of rotatable bonds is 2. The minimum absolute atomic E-state index is 0.266. The lowest BCUT2D eigenvalue weighted by atomic mass is 10.4. The Morgan fingerprint density at radius 3 is 2.29 bits per heavy atom. The van der Waals surface area contributed by atoms with Crippen LogP contribution in [0.25, 0.3) is 0 Å². The largest absolute Gasteiger partial charge is 0.332 e. The van der Waals surface area contributed by atoms with E-state index in [1.54, 1.807) is 7.05 Å². The molecule has 21 heavy (non-hydrogen) atoms. The number of fused-ring (bicyclic) bond motifs is 1. The minimum atomic E-state index is -0.318. The van der Waals surface area contributed by atoms with Crippen LogP contribution in [-0.2, 0) is 14.1 Å². The Morgan fingerprint density at radius 1 is 1.05 bits per heavy atom. The van der Waals surface area contributed by atoms with Crippen LogP contribution in [0, 0.1) is 0 Å². The summed E-state index contributed by atoms with van der Waals surface area (Å²) in [6, 6.07) is 0. The molecule has 1 aromatic heterocycles. The van der Waals surface area contributed by atoms with Gasteiger partial charge in [0.05, 0.1) is 6.67 Å². The maximum absolute atomic E-state index is 12.5. The highest BCUT2D eigenvalue weighted by molar-refractivity contribution is 5.78. The van der Waals surface area contributed by atoms with Crippen molar-refractivity contribution in [2.45, 2.75) is 12.8 Å². The smallest absolute Gasteiger partial charge is 0.315 e. The maximum Gasteiger partial charge on any atom is 0.332 e. The molecule has 0 N–H and O–H groups in total. The van der Waals surface area contributed by atoms with Gasteiger partial charge in [-0.1, -0.05) is 6.58 Å². The van der Waals surface area contributed by atoms with Gasteiger partial charge in [0.1, 0.15) is 11.6 Å². The third-order valence-electron chi connectivity index (χ3n) is 4.44. The van der Waals surface area contributed by atoms with Crippen molar-refractivity contribution in [3.05, 3.63) is 33.2 Å². The molecule has 1 aromatic rings. The summed E-state index contributed by atoms with van der Waals surface area (Å²) in [5.74, 6) is 1.35. The van der Waals surface area contributed by atoms with Gasteiger partial charge in [-0.15, -0.1) is 0 Å². The topological polar surface area (TPSA) is 53.7 Å². The van der Waals surface area contributed by atoms with E-state index in [0.29, 0.717) is 18.2 Å². The Bertz CT molecular complexity index is 711. The molecule has 0 amide bonds. The number of aromatic nitrogens is 2. The molecule has 0 saturated carbocycles. The van der Waals surface area contributed by atoms with Crippen LogP contribution in [-0.4, -0.2) is 40.8 Å². The van der Waals surface area contributed by atoms with E-state index in [0.717, 1.165) is 23.5 Å². The summed E-state index contributed by atoms with van der Waals surface area (Å²) in [6.07, 6.45) is 2.38. The number of anilines is 2. The zero-order valence-electron chi connectivity index (χ0n) is 12.8. The lowest BCUT2D eigenvalue weighted by Crippen LogP contribution is -2.41. The van der Waals surface area contributed by atoms with Gasteiger partial charge in [0.2, 0.25) is 0 Å². The number of hydrogen-bond donors (Lipinski definition) is 0. The van der Waals surface area contributed by atoms with Crippen LogP contribution in [0.15, 0.2) is 22.0 Å². The van der Waals surface area contributed by atoms with Crippen molar-refractivity contribution < 1.29 is 0 Å². The summed E-state index contributed by atoms with van der Waals surface area (Å²) in [7, 11) is 5.04. The zero-order valence-corrected chi connectivity index (χ0v) is 12.8. The van der Waals surface area contributed by atoms with Crippen molar-refractivity contribution in [3.8, 4) is 0 Å². The Kier molecular flexibility index (Phi) is 3.16. The maximum atomic E-state index is 12.5. The van der Waals surface area contributed by atoms with Crippen molar-refractivity contribution in [1.82, 2.24) is 14.0 Å². The second-order valence-corrected chi connectivity index (χ2v) is 5.75. The lowest BCUT2D eigenvalue weighted by molar-refractivity contribution is 0.344. The fraction of sp³-hybridized carbons (Fsp3) is 0.571. The molecule has 114 valence electrons. The summed E-state index contributed by atoms with van der Waals surface area (Å²) >= 11 is 0. The molecule has 7 heteroatoms. The Labute approximate surface area is 123 Å². The standard InChI is InChI=1S/C14H21N5O2/c1-10-15(2)12-11(13(20)17(4)14(21)16(12)3)19(10)9-18-7-5-6-8-18/h1,5-9H2,2-4H3. The zero-order chi connectivity index (χ0) is 15.3. The second-order valence-electron chi connectivity index (χ2n) is 5.75. The lowest BCUT2D eigenvalue weighted by Gasteiger charge is -2.26. The van der Waals surface area contributed by atoms with E-state index >= 15 is 0 Å². The molecule has 0 atom stereocenters. The highest BCUT2D eigenvalue weighted by Crippen LogP contribution is 2.36. The predicted molar refractivity (Wildman–Crippen MR) is 82.6 cm³/mol. The average Bonchev–Trinajstić information content (AvgIpc) is 3.05. The molecule has 2 aliphatic heterocycles. The first-order valence-electron chi connectivity index (χ1n) is 7.16. The van der Waals surface area contributed by atoms with Gasteiger partial charge >= 0.3 is 5.69 Å². The Morgan fingerprint density at radius 2 is 1.67 bits per heavy atom. The normalized spacial score (nSPS) is 18.7. The van der Waals surface area contributed by atoms with Crippen LogP contribution in [0.5, 0.6) is 0 Å². The van der Waals surface area contributed by atoms with Crippen LogP contribution < -0.4 is 21.0 Å². The Hall–Kier alpha value is -2.02. The van der Waals surface area contributed by atoms with Crippen molar-refractivity contribution >= 4 is 11.5 Å². The molecule has 1 fully saturated rings. The molecule has 0 bridgehead atoms. The van der Waals surface area contributed by atoms with Gasteiger partial charge < -0.3 is 9.80 Å².